The molecule has 0 saturated heterocycles. The SMILES string of the molecule is Cc1cccc(OCC(CS(=O)(=O)Cl)C(C)(C)C)c1F. The molecular weight excluding hydrogens is 303 g/mol. The van der Waals surface area contributed by atoms with E-state index in [2.05, 4.69) is 0 Å². The average molecular weight is 323 g/mol. The topological polar surface area (TPSA) is 43.4 Å². The molecule has 0 aliphatic rings. The zero-order chi connectivity index (χ0) is 15.6. The Morgan fingerprint density at radius 1 is 1.35 bits per heavy atom. The molecular formula is C14H20ClFO3S. The number of halogens is 2. The first-order valence-electron chi connectivity index (χ1n) is 6.31. The van der Waals surface area contributed by atoms with Crippen molar-refractivity contribution in [2.45, 2.75) is 27.7 Å². The molecule has 6 heteroatoms. The lowest BCUT2D eigenvalue weighted by atomic mass is 9.82. The second kappa shape index (κ2) is 6.31. The van der Waals surface area contributed by atoms with E-state index in [-0.39, 0.29) is 29.4 Å². The van der Waals surface area contributed by atoms with E-state index in [4.69, 9.17) is 15.4 Å². The van der Waals surface area contributed by atoms with Crippen LogP contribution in [0, 0.1) is 24.1 Å². The molecule has 0 amide bonds. The third kappa shape index (κ3) is 5.29. The maximum absolute atomic E-state index is 13.8. The average Bonchev–Trinajstić information content (AvgIpc) is 2.26. The van der Waals surface area contributed by atoms with E-state index in [1.807, 2.05) is 20.8 Å². The minimum absolute atomic E-state index is 0.0931. The van der Waals surface area contributed by atoms with Gasteiger partial charge in [0.15, 0.2) is 11.6 Å². The van der Waals surface area contributed by atoms with Crippen molar-refractivity contribution in [1.29, 1.82) is 0 Å². The predicted molar refractivity (Wildman–Crippen MR) is 79.2 cm³/mol. The van der Waals surface area contributed by atoms with Gasteiger partial charge in [0.1, 0.15) is 0 Å². The van der Waals surface area contributed by atoms with Crippen molar-refractivity contribution in [3.63, 3.8) is 0 Å². The van der Waals surface area contributed by atoms with Crippen LogP contribution < -0.4 is 4.74 Å². The van der Waals surface area contributed by atoms with E-state index in [1.165, 1.54) is 6.07 Å². The van der Waals surface area contributed by atoms with Crippen LogP contribution in [0.25, 0.3) is 0 Å². The molecule has 0 aliphatic carbocycles. The molecule has 0 aromatic heterocycles. The summed E-state index contributed by atoms with van der Waals surface area (Å²) in [6.07, 6.45) is 0. The molecule has 0 spiro atoms. The fraction of sp³-hybridized carbons (Fsp3) is 0.571. The molecule has 1 unspecified atom stereocenters. The van der Waals surface area contributed by atoms with Crippen LogP contribution in [0.4, 0.5) is 4.39 Å². The van der Waals surface area contributed by atoms with E-state index in [1.54, 1.807) is 19.1 Å². The van der Waals surface area contributed by atoms with Crippen molar-refractivity contribution in [2.24, 2.45) is 11.3 Å². The van der Waals surface area contributed by atoms with Crippen LogP contribution in [-0.4, -0.2) is 20.8 Å². The van der Waals surface area contributed by atoms with E-state index >= 15 is 0 Å². The molecule has 20 heavy (non-hydrogen) atoms. The minimum Gasteiger partial charge on any atom is -0.490 e. The maximum Gasteiger partial charge on any atom is 0.233 e. The number of benzene rings is 1. The first kappa shape index (κ1) is 17.2. The van der Waals surface area contributed by atoms with Gasteiger partial charge >= 0.3 is 0 Å². The highest BCUT2D eigenvalue weighted by molar-refractivity contribution is 8.13. The van der Waals surface area contributed by atoms with Crippen molar-refractivity contribution >= 4 is 19.7 Å². The smallest absolute Gasteiger partial charge is 0.233 e. The van der Waals surface area contributed by atoms with Crippen LogP contribution in [0.3, 0.4) is 0 Å². The molecule has 1 rings (SSSR count). The Kier molecular flexibility index (Phi) is 5.44. The summed E-state index contributed by atoms with van der Waals surface area (Å²) in [7, 11) is 1.68. The normalized spacial score (nSPS) is 14.1. The first-order valence-corrected chi connectivity index (χ1v) is 8.79. The number of hydrogen-bond acceptors (Lipinski definition) is 3. The maximum atomic E-state index is 13.8. The predicted octanol–water partition coefficient (Wildman–Crippen LogP) is 3.74. The summed E-state index contributed by atoms with van der Waals surface area (Å²) >= 11 is 0. The molecule has 1 aromatic rings. The fourth-order valence-electron chi connectivity index (χ4n) is 1.71. The Hall–Kier alpha value is -0.810. The number of hydrogen-bond donors (Lipinski definition) is 0. The molecule has 1 aromatic carbocycles. The Morgan fingerprint density at radius 3 is 2.45 bits per heavy atom. The van der Waals surface area contributed by atoms with Gasteiger partial charge in [0.05, 0.1) is 12.4 Å². The summed E-state index contributed by atoms with van der Waals surface area (Å²) in [5, 5.41) is 0. The highest BCUT2D eigenvalue weighted by Crippen LogP contribution is 2.30. The standard InChI is InChI=1S/C14H20ClFO3S/c1-10-6-5-7-12(13(10)16)19-8-11(14(2,3)4)9-20(15,17)18/h5-7,11H,8-9H2,1-4H3. The molecule has 0 N–H and O–H groups in total. The van der Waals surface area contributed by atoms with Crippen LogP contribution in [0.5, 0.6) is 5.75 Å². The zero-order valence-electron chi connectivity index (χ0n) is 12.1. The number of aryl methyl sites for hydroxylation is 1. The Morgan fingerprint density at radius 2 is 1.95 bits per heavy atom. The molecule has 0 heterocycles. The molecule has 3 nitrogen and oxygen atoms in total. The fourth-order valence-corrected chi connectivity index (χ4v) is 3.24. The number of rotatable bonds is 5. The molecule has 0 bridgehead atoms. The molecule has 1 atom stereocenters. The number of ether oxygens (including phenoxy) is 1. The van der Waals surface area contributed by atoms with Gasteiger partial charge in [0.25, 0.3) is 0 Å². The van der Waals surface area contributed by atoms with Crippen LogP contribution in [0.2, 0.25) is 0 Å². The Labute approximate surface area is 124 Å². The third-order valence-corrected chi connectivity index (χ3v) is 4.40. The summed E-state index contributed by atoms with van der Waals surface area (Å²) in [5.41, 5.74) is 0.169. The summed E-state index contributed by atoms with van der Waals surface area (Å²) in [6.45, 7) is 7.43. The summed E-state index contributed by atoms with van der Waals surface area (Å²) < 4.78 is 41.8. The van der Waals surface area contributed by atoms with Gasteiger partial charge in [0, 0.05) is 16.6 Å². The van der Waals surface area contributed by atoms with Crippen molar-refractivity contribution in [3.8, 4) is 5.75 Å². The highest BCUT2D eigenvalue weighted by Gasteiger charge is 2.30. The largest absolute Gasteiger partial charge is 0.490 e. The van der Waals surface area contributed by atoms with Gasteiger partial charge in [-0.25, -0.2) is 12.8 Å². The van der Waals surface area contributed by atoms with E-state index in [0.717, 1.165) is 0 Å². The summed E-state index contributed by atoms with van der Waals surface area (Å²) in [4.78, 5) is 0. The Balaban J connectivity index is 2.84. The van der Waals surface area contributed by atoms with Crippen LogP contribution in [-0.2, 0) is 9.05 Å². The second-order valence-corrected chi connectivity index (χ2v) is 8.79. The van der Waals surface area contributed by atoms with Crippen LogP contribution >= 0.6 is 10.7 Å². The monoisotopic (exact) mass is 322 g/mol. The van der Waals surface area contributed by atoms with Crippen LogP contribution in [0.15, 0.2) is 18.2 Å². The lowest BCUT2D eigenvalue weighted by molar-refractivity contribution is 0.159. The molecule has 0 radical (unpaired) electrons. The van der Waals surface area contributed by atoms with E-state index in [0.29, 0.717) is 5.56 Å². The van der Waals surface area contributed by atoms with E-state index < -0.39 is 14.9 Å². The van der Waals surface area contributed by atoms with Gasteiger partial charge in [-0.3, -0.25) is 0 Å². The highest BCUT2D eigenvalue weighted by atomic mass is 35.7. The van der Waals surface area contributed by atoms with Gasteiger partial charge in [-0.2, -0.15) is 0 Å². The van der Waals surface area contributed by atoms with Crippen molar-refractivity contribution in [2.75, 3.05) is 12.4 Å². The first-order chi connectivity index (χ1) is 9.00. The lowest BCUT2D eigenvalue weighted by Crippen LogP contribution is -2.32. The molecule has 114 valence electrons. The molecule has 0 saturated carbocycles. The van der Waals surface area contributed by atoms with Crippen molar-refractivity contribution in [1.82, 2.24) is 0 Å². The van der Waals surface area contributed by atoms with E-state index in [9.17, 15) is 12.8 Å². The molecule has 0 aliphatic heterocycles. The second-order valence-electron chi connectivity index (χ2n) is 5.97. The van der Waals surface area contributed by atoms with Crippen LogP contribution in [0.1, 0.15) is 26.3 Å². The molecule has 0 fully saturated rings. The van der Waals surface area contributed by atoms with Gasteiger partial charge in [-0.15, -0.1) is 0 Å². The van der Waals surface area contributed by atoms with Gasteiger partial charge in [-0.05, 0) is 24.0 Å². The minimum atomic E-state index is -3.63. The van der Waals surface area contributed by atoms with Gasteiger partial charge in [-0.1, -0.05) is 32.9 Å². The zero-order valence-corrected chi connectivity index (χ0v) is 13.7. The summed E-state index contributed by atoms with van der Waals surface area (Å²) in [5.74, 6) is -0.823. The quantitative estimate of drug-likeness (QED) is 0.775. The van der Waals surface area contributed by atoms with Crippen molar-refractivity contribution < 1.29 is 17.5 Å². The van der Waals surface area contributed by atoms with Gasteiger partial charge < -0.3 is 4.74 Å². The summed E-state index contributed by atoms with van der Waals surface area (Å²) in [6, 6.07) is 4.86. The third-order valence-electron chi connectivity index (χ3n) is 3.22. The van der Waals surface area contributed by atoms with Crippen molar-refractivity contribution in [3.05, 3.63) is 29.6 Å². The van der Waals surface area contributed by atoms with Gasteiger partial charge in [0.2, 0.25) is 9.05 Å². The Bertz CT molecular complexity index is 564. The lowest BCUT2D eigenvalue weighted by Gasteiger charge is -2.29.